The second kappa shape index (κ2) is 6.13. The highest BCUT2D eigenvalue weighted by atomic mass is 32.2. The summed E-state index contributed by atoms with van der Waals surface area (Å²) >= 11 is 0. The standard InChI is InChI=1S/C14H23N3O3S/c1-10(2)16-14(3,13(15)18)11-6-8-12(9-7-11)21(19,20)17(4)5/h6-10,16H,1-5H3,(H2,15,18). The second-order valence-electron chi connectivity index (χ2n) is 5.60. The molecule has 3 N–H and O–H groups in total. The number of rotatable bonds is 6. The van der Waals surface area contributed by atoms with Crippen molar-refractivity contribution in [3.8, 4) is 0 Å². The predicted octanol–water partition coefficient (Wildman–Crippen LogP) is 0.635. The normalized spacial score (nSPS) is 15.2. The SMILES string of the molecule is CC(C)NC(C)(C(N)=O)c1ccc(S(=O)(=O)N(C)C)cc1. The van der Waals surface area contributed by atoms with Crippen LogP contribution in [0.3, 0.4) is 0 Å². The summed E-state index contributed by atoms with van der Waals surface area (Å²) in [5.41, 5.74) is 5.07. The van der Waals surface area contributed by atoms with E-state index in [1.807, 2.05) is 13.8 Å². The van der Waals surface area contributed by atoms with E-state index >= 15 is 0 Å². The molecule has 1 aromatic carbocycles. The van der Waals surface area contributed by atoms with Crippen LogP contribution >= 0.6 is 0 Å². The van der Waals surface area contributed by atoms with Crippen molar-refractivity contribution in [2.24, 2.45) is 5.73 Å². The van der Waals surface area contributed by atoms with Crippen molar-refractivity contribution in [2.45, 2.75) is 37.2 Å². The molecule has 0 saturated heterocycles. The van der Waals surface area contributed by atoms with Gasteiger partial charge in [-0.1, -0.05) is 12.1 Å². The quantitative estimate of drug-likeness (QED) is 0.806. The Morgan fingerprint density at radius 1 is 1.24 bits per heavy atom. The maximum absolute atomic E-state index is 12.0. The van der Waals surface area contributed by atoms with Gasteiger partial charge in [0.25, 0.3) is 0 Å². The van der Waals surface area contributed by atoms with Crippen LogP contribution in [0.5, 0.6) is 0 Å². The Kier molecular flexibility index (Phi) is 5.14. The molecular weight excluding hydrogens is 290 g/mol. The van der Waals surface area contributed by atoms with E-state index < -0.39 is 21.5 Å². The van der Waals surface area contributed by atoms with Crippen LogP contribution in [0, 0.1) is 0 Å². The summed E-state index contributed by atoms with van der Waals surface area (Å²) in [6, 6.07) is 6.22. The highest BCUT2D eigenvalue weighted by Crippen LogP contribution is 2.23. The van der Waals surface area contributed by atoms with E-state index in [9.17, 15) is 13.2 Å². The minimum absolute atomic E-state index is 0.0488. The van der Waals surface area contributed by atoms with Gasteiger partial charge >= 0.3 is 0 Å². The number of hydrogen-bond acceptors (Lipinski definition) is 4. The lowest BCUT2D eigenvalue weighted by Crippen LogP contribution is -2.52. The van der Waals surface area contributed by atoms with Crippen LogP contribution in [0.15, 0.2) is 29.2 Å². The topological polar surface area (TPSA) is 92.5 Å². The summed E-state index contributed by atoms with van der Waals surface area (Å²) in [4.78, 5) is 12.0. The summed E-state index contributed by atoms with van der Waals surface area (Å²) in [5.74, 6) is -0.514. The Balaban J connectivity index is 3.25. The van der Waals surface area contributed by atoms with E-state index in [-0.39, 0.29) is 10.9 Å². The molecule has 1 amide bonds. The van der Waals surface area contributed by atoms with Crippen LogP contribution in [-0.2, 0) is 20.4 Å². The smallest absolute Gasteiger partial charge is 0.242 e. The Morgan fingerprint density at radius 2 is 1.71 bits per heavy atom. The van der Waals surface area contributed by atoms with Gasteiger partial charge in [0, 0.05) is 20.1 Å². The van der Waals surface area contributed by atoms with Crippen molar-refractivity contribution >= 4 is 15.9 Å². The first-order valence-electron chi connectivity index (χ1n) is 6.62. The largest absolute Gasteiger partial charge is 0.368 e. The fourth-order valence-electron chi connectivity index (χ4n) is 2.05. The third-order valence-corrected chi connectivity index (χ3v) is 5.11. The molecule has 1 aromatic rings. The van der Waals surface area contributed by atoms with Crippen molar-refractivity contribution in [2.75, 3.05) is 14.1 Å². The lowest BCUT2D eigenvalue weighted by atomic mass is 9.90. The molecule has 0 aliphatic carbocycles. The molecule has 118 valence electrons. The number of benzene rings is 1. The van der Waals surface area contributed by atoms with Crippen LogP contribution in [0.25, 0.3) is 0 Å². The third kappa shape index (κ3) is 3.61. The van der Waals surface area contributed by atoms with Crippen LogP contribution in [-0.4, -0.2) is 38.8 Å². The van der Waals surface area contributed by atoms with E-state index in [0.29, 0.717) is 5.56 Å². The number of nitrogens with one attached hydrogen (secondary N) is 1. The van der Waals surface area contributed by atoms with Gasteiger partial charge in [0.1, 0.15) is 5.54 Å². The first-order valence-corrected chi connectivity index (χ1v) is 8.06. The second-order valence-corrected chi connectivity index (χ2v) is 7.75. The number of nitrogens with two attached hydrogens (primary N) is 1. The van der Waals surface area contributed by atoms with E-state index in [2.05, 4.69) is 5.32 Å². The van der Waals surface area contributed by atoms with Gasteiger partial charge in [-0.3, -0.25) is 10.1 Å². The van der Waals surface area contributed by atoms with Gasteiger partial charge in [0.2, 0.25) is 15.9 Å². The predicted molar refractivity (Wildman–Crippen MR) is 82.1 cm³/mol. The zero-order valence-electron chi connectivity index (χ0n) is 13.0. The van der Waals surface area contributed by atoms with Gasteiger partial charge in [0.15, 0.2) is 0 Å². The maximum Gasteiger partial charge on any atom is 0.242 e. The lowest BCUT2D eigenvalue weighted by Gasteiger charge is -2.30. The molecule has 0 aliphatic heterocycles. The molecule has 0 fully saturated rings. The molecule has 0 aromatic heterocycles. The maximum atomic E-state index is 12.0. The molecule has 7 heteroatoms. The van der Waals surface area contributed by atoms with Crippen molar-refractivity contribution < 1.29 is 13.2 Å². The zero-order valence-corrected chi connectivity index (χ0v) is 13.9. The van der Waals surface area contributed by atoms with Crippen LogP contribution in [0.1, 0.15) is 26.3 Å². The van der Waals surface area contributed by atoms with E-state index in [1.54, 1.807) is 19.1 Å². The average Bonchev–Trinajstić information content (AvgIpc) is 2.37. The molecule has 21 heavy (non-hydrogen) atoms. The van der Waals surface area contributed by atoms with Crippen molar-refractivity contribution in [3.63, 3.8) is 0 Å². The fraction of sp³-hybridized carbons (Fsp3) is 0.500. The van der Waals surface area contributed by atoms with E-state index in [4.69, 9.17) is 5.73 Å². The minimum Gasteiger partial charge on any atom is -0.368 e. The number of amides is 1. The fourth-order valence-corrected chi connectivity index (χ4v) is 2.95. The zero-order chi connectivity index (χ0) is 16.4. The van der Waals surface area contributed by atoms with Gasteiger partial charge < -0.3 is 5.73 Å². The molecule has 6 nitrogen and oxygen atoms in total. The molecule has 0 saturated carbocycles. The number of nitrogens with zero attached hydrogens (tertiary/aromatic N) is 1. The molecule has 0 heterocycles. The van der Waals surface area contributed by atoms with Gasteiger partial charge in [0.05, 0.1) is 4.90 Å². The third-order valence-electron chi connectivity index (χ3n) is 3.28. The Bertz CT molecular complexity index is 609. The molecule has 0 bridgehead atoms. The Hall–Kier alpha value is -1.44. The first-order chi connectivity index (χ1) is 9.51. The summed E-state index contributed by atoms with van der Waals surface area (Å²) in [6.45, 7) is 5.50. The van der Waals surface area contributed by atoms with Gasteiger partial charge in [-0.15, -0.1) is 0 Å². The molecular formula is C14H23N3O3S. The number of primary amides is 1. The van der Waals surface area contributed by atoms with Crippen molar-refractivity contribution in [3.05, 3.63) is 29.8 Å². The van der Waals surface area contributed by atoms with Gasteiger partial charge in [-0.25, -0.2) is 12.7 Å². The minimum atomic E-state index is -3.49. The Morgan fingerprint density at radius 3 is 2.05 bits per heavy atom. The van der Waals surface area contributed by atoms with Crippen LogP contribution < -0.4 is 11.1 Å². The van der Waals surface area contributed by atoms with Crippen molar-refractivity contribution in [1.29, 1.82) is 0 Å². The molecule has 1 unspecified atom stereocenters. The number of sulfonamides is 1. The molecule has 0 spiro atoms. The van der Waals surface area contributed by atoms with Crippen LogP contribution in [0.4, 0.5) is 0 Å². The lowest BCUT2D eigenvalue weighted by molar-refractivity contribution is -0.124. The first kappa shape index (κ1) is 17.6. The van der Waals surface area contributed by atoms with Gasteiger partial charge in [-0.2, -0.15) is 0 Å². The highest BCUT2D eigenvalue weighted by molar-refractivity contribution is 7.89. The monoisotopic (exact) mass is 313 g/mol. The molecule has 1 atom stereocenters. The van der Waals surface area contributed by atoms with E-state index in [0.717, 1.165) is 4.31 Å². The van der Waals surface area contributed by atoms with E-state index in [1.165, 1.54) is 26.2 Å². The Labute approximate surface area is 126 Å². The average molecular weight is 313 g/mol. The molecule has 1 rings (SSSR count). The van der Waals surface area contributed by atoms with Crippen molar-refractivity contribution in [1.82, 2.24) is 9.62 Å². The number of carbonyl (C=O) groups excluding carboxylic acids is 1. The number of hydrogen-bond donors (Lipinski definition) is 2. The van der Waals surface area contributed by atoms with Gasteiger partial charge in [-0.05, 0) is 38.5 Å². The summed E-state index contributed by atoms with van der Waals surface area (Å²) in [7, 11) is -0.547. The molecule has 0 aliphatic rings. The molecule has 0 radical (unpaired) electrons. The number of carbonyl (C=O) groups is 1. The summed E-state index contributed by atoms with van der Waals surface area (Å²) in [5, 5.41) is 3.12. The van der Waals surface area contributed by atoms with Crippen LogP contribution in [0.2, 0.25) is 0 Å². The summed E-state index contributed by atoms with van der Waals surface area (Å²) in [6.07, 6.45) is 0. The summed E-state index contributed by atoms with van der Waals surface area (Å²) < 4.78 is 25.2. The highest BCUT2D eigenvalue weighted by Gasteiger charge is 2.33.